The van der Waals surface area contributed by atoms with Crippen molar-refractivity contribution in [3.8, 4) is 5.75 Å². The van der Waals surface area contributed by atoms with Crippen LogP contribution in [0.1, 0.15) is 94.5 Å². The van der Waals surface area contributed by atoms with E-state index in [0.29, 0.717) is 31.0 Å². The molecule has 0 unspecified atom stereocenters. The number of rotatable bonds is 13. The Bertz CT molecular complexity index is 1690. The number of benzene rings is 3. The van der Waals surface area contributed by atoms with Crippen molar-refractivity contribution in [2.24, 2.45) is 0 Å². The number of anilines is 2. The molecule has 1 aromatic heterocycles. The fourth-order valence-electron chi connectivity index (χ4n) is 7.87. The van der Waals surface area contributed by atoms with Gasteiger partial charge in [-0.05, 0) is 106 Å². The van der Waals surface area contributed by atoms with Gasteiger partial charge in [0.2, 0.25) is 0 Å². The molecule has 2 aliphatic heterocycles. The minimum atomic E-state index is -0.121. The number of hydrogen-bond donors (Lipinski definition) is 0. The van der Waals surface area contributed by atoms with Gasteiger partial charge in [0.1, 0.15) is 17.4 Å². The van der Waals surface area contributed by atoms with Crippen LogP contribution < -0.4 is 14.5 Å². The van der Waals surface area contributed by atoms with E-state index in [1.165, 1.54) is 29.7 Å². The van der Waals surface area contributed by atoms with Crippen LogP contribution in [0, 0.1) is 0 Å². The Morgan fingerprint density at radius 1 is 0.824 bits per heavy atom. The lowest BCUT2D eigenvalue weighted by Crippen LogP contribution is -2.47. The molecule has 0 bridgehead atoms. The summed E-state index contributed by atoms with van der Waals surface area (Å²) in [6.45, 7) is 11.4. The quantitative estimate of drug-likeness (QED) is 0.130. The van der Waals surface area contributed by atoms with E-state index < -0.39 is 0 Å². The first-order chi connectivity index (χ1) is 25.1. The van der Waals surface area contributed by atoms with E-state index in [1.807, 2.05) is 20.8 Å². The predicted octanol–water partition coefficient (Wildman–Crippen LogP) is 8.39. The molecule has 1 saturated carbocycles. The fraction of sp³-hybridized carbons (Fsp3) is 0.512. The van der Waals surface area contributed by atoms with Gasteiger partial charge in [0, 0.05) is 49.2 Å². The first-order valence-electron chi connectivity index (χ1n) is 19.5. The number of piperidine rings is 2. The zero-order valence-corrected chi connectivity index (χ0v) is 31.2. The monoisotopic (exact) mass is 691 g/mol. The zero-order valence-electron chi connectivity index (χ0n) is 31.2. The highest BCUT2D eigenvalue weighted by atomic mass is 16.5. The number of methoxy groups -OCH3 is 1. The van der Waals surface area contributed by atoms with Crippen LogP contribution in [0.25, 0.3) is 10.9 Å². The van der Waals surface area contributed by atoms with E-state index in [0.717, 1.165) is 99.5 Å². The normalized spacial score (nSPS) is 17.0. The summed E-state index contributed by atoms with van der Waals surface area (Å²) in [6, 6.07) is 26.3. The smallest absolute Gasteiger partial charge is 0.320 e. The van der Waals surface area contributed by atoms with E-state index in [2.05, 4.69) is 87.5 Å². The van der Waals surface area contributed by atoms with E-state index in [4.69, 9.17) is 19.4 Å². The second-order valence-electron chi connectivity index (χ2n) is 14.0. The van der Waals surface area contributed by atoms with Crippen molar-refractivity contribution < 1.29 is 14.3 Å². The van der Waals surface area contributed by atoms with Gasteiger partial charge in [-0.3, -0.25) is 9.69 Å². The number of ether oxygens (including phenoxy) is 2. The number of aromatic nitrogens is 2. The van der Waals surface area contributed by atoms with Crippen molar-refractivity contribution in [3.05, 3.63) is 89.7 Å². The molecule has 0 radical (unpaired) electrons. The molecule has 3 aliphatic rings. The third-order valence-corrected chi connectivity index (χ3v) is 10.7. The molecule has 7 rings (SSSR count). The highest BCUT2D eigenvalue weighted by molar-refractivity contribution is 5.92. The zero-order chi connectivity index (χ0) is 35.6. The topological polar surface area (TPSA) is 71.0 Å². The molecule has 1 aliphatic carbocycles. The SMILES string of the molecule is CC.CCOC(=O)CN(CCCc1ccccc1)C1CCN(c2ccc3nc(C4CC4)nc(N4CCC(c5ccccc5OC)CC4)c3c2)CC1. The molecule has 4 aromatic rings. The molecule has 272 valence electrons. The molecule has 3 heterocycles. The average molecular weight is 692 g/mol. The third kappa shape index (κ3) is 9.20. The molecular formula is C43H57N5O3. The number of para-hydroxylation sites is 1. The molecule has 3 aromatic carbocycles. The van der Waals surface area contributed by atoms with Crippen molar-refractivity contribution in [3.63, 3.8) is 0 Å². The van der Waals surface area contributed by atoms with Crippen molar-refractivity contribution in [1.29, 1.82) is 0 Å². The first-order valence-corrected chi connectivity index (χ1v) is 19.5. The van der Waals surface area contributed by atoms with Crippen molar-refractivity contribution in [1.82, 2.24) is 14.9 Å². The summed E-state index contributed by atoms with van der Waals surface area (Å²) in [4.78, 5) is 30.3. The molecule has 8 heteroatoms. The molecule has 3 fully saturated rings. The third-order valence-electron chi connectivity index (χ3n) is 10.7. The second kappa shape index (κ2) is 17.9. The number of fused-ring (bicyclic) bond motifs is 1. The van der Waals surface area contributed by atoms with Crippen LogP contribution in [0.5, 0.6) is 5.75 Å². The van der Waals surface area contributed by atoms with Gasteiger partial charge in [0.15, 0.2) is 0 Å². The van der Waals surface area contributed by atoms with Crippen LogP contribution in [0.2, 0.25) is 0 Å². The van der Waals surface area contributed by atoms with Crippen LogP contribution in [0.3, 0.4) is 0 Å². The van der Waals surface area contributed by atoms with Crippen molar-refractivity contribution >= 4 is 28.4 Å². The van der Waals surface area contributed by atoms with E-state index in [1.54, 1.807) is 7.11 Å². The predicted molar refractivity (Wildman–Crippen MR) is 208 cm³/mol. The number of esters is 1. The highest BCUT2D eigenvalue weighted by Crippen LogP contribution is 2.42. The Hall–Kier alpha value is -4.17. The van der Waals surface area contributed by atoms with Gasteiger partial charge in [0.05, 0.1) is 25.8 Å². The maximum Gasteiger partial charge on any atom is 0.320 e. The second-order valence-corrected chi connectivity index (χ2v) is 14.0. The summed E-state index contributed by atoms with van der Waals surface area (Å²) in [5.74, 6) is 3.97. The number of aryl methyl sites for hydroxylation is 1. The van der Waals surface area contributed by atoms with E-state index >= 15 is 0 Å². The van der Waals surface area contributed by atoms with E-state index in [9.17, 15) is 4.79 Å². The summed E-state index contributed by atoms with van der Waals surface area (Å²) in [6.07, 6.45) is 8.60. The van der Waals surface area contributed by atoms with Crippen LogP contribution in [-0.2, 0) is 16.0 Å². The maximum absolute atomic E-state index is 12.6. The number of nitrogens with zero attached hydrogens (tertiary/aromatic N) is 5. The Morgan fingerprint density at radius 2 is 1.53 bits per heavy atom. The van der Waals surface area contributed by atoms with Gasteiger partial charge in [-0.1, -0.05) is 62.4 Å². The summed E-state index contributed by atoms with van der Waals surface area (Å²) in [5, 5.41) is 1.16. The summed E-state index contributed by atoms with van der Waals surface area (Å²) in [5.41, 5.74) is 4.95. The largest absolute Gasteiger partial charge is 0.496 e. The summed E-state index contributed by atoms with van der Waals surface area (Å²) < 4.78 is 11.1. The van der Waals surface area contributed by atoms with Gasteiger partial charge in [0.25, 0.3) is 0 Å². The van der Waals surface area contributed by atoms with Crippen molar-refractivity contribution in [2.45, 2.75) is 90.0 Å². The minimum Gasteiger partial charge on any atom is -0.496 e. The highest BCUT2D eigenvalue weighted by Gasteiger charge is 2.31. The Morgan fingerprint density at radius 3 is 2.24 bits per heavy atom. The van der Waals surface area contributed by atoms with Gasteiger partial charge < -0.3 is 19.3 Å². The molecule has 0 N–H and O–H groups in total. The fourth-order valence-corrected chi connectivity index (χ4v) is 7.87. The van der Waals surface area contributed by atoms with Crippen LogP contribution in [0.15, 0.2) is 72.8 Å². The molecule has 2 saturated heterocycles. The minimum absolute atomic E-state index is 0.121. The maximum atomic E-state index is 12.6. The van der Waals surface area contributed by atoms with Crippen LogP contribution >= 0.6 is 0 Å². The summed E-state index contributed by atoms with van der Waals surface area (Å²) >= 11 is 0. The Balaban J connectivity index is 0.00000220. The molecule has 0 spiro atoms. The molecule has 51 heavy (non-hydrogen) atoms. The standard InChI is InChI=1S/C41H51N5O3.C2H6/c1-3-49-39(47)29-46(23-9-12-30-10-5-4-6-11-30)33-21-26-44(27-22-33)34-17-18-37-36(28-34)41(43-40(42-37)32-15-16-32)45-24-19-31(20-25-45)35-13-7-8-14-38(35)48-2;1-2/h4-8,10-11,13-14,17-18,28,31-33H,3,9,12,15-16,19-27,29H2,1-2H3;1-2H3. The Kier molecular flexibility index (Phi) is 12.8. The van der Waals surface area contributed by atoms with Gasteiger partial charge in [-0.25, -0.2) is 9.97 Å². The summed E-state index contributed by atoms with van der Waals surface area (Å²) in [7, 11) is 1.77. The van der Waals surface area contributed by atoms with Crippen molar-refractivity contribution in [2.75, 3.05) is 62.8 Å². The lowest BCUT2D eigenvalue weighted by molar-refractivity contribution is -0.145. The number of carbonyl (C=O) groups is 1. The number of hydrogen-bond acceptors (Lipinski definition) is 8. The van der Waals surface area contributed by atoms with E-state index in [-0.39, 0.29) is 5.97 Å². The molecule has 8 nitrogen and oxygen atoms in total. The van der Waals surface area contributed by atoms with Gasteiger partial charge in [-0.2, -0.15) is 0 Å². The molecule has 0 amide bonds. The molecular weight excluding hydrogens is 635 g/mol. The Labute approximate surface area is 305 Å². The lowest BCUT2D eigenvalue weighted by Gasteiger charge is -2.39. The van der Waals surface area contributed by atoms with Gasteiger partial charge >= 0.3 is 5.97 Å². The van der Waals surface area contributed by atoms with Crippen LogP contribution in [0.4, 0.5) is 11.5 Å². The first kappa shape index (κ1) is 36.6. The van der Waals surface area contributed by atoms with Gasteiger partial charge in [-0.15, -0.1) is 0 Å². The average Bonchev–Trinajstić information content (AvgIpc) is 4.05. The number of carbonyl (C=O) groups excluding carboxylic acids is 1. The molecule has 0 atom stereocenters. The van der Waals surface area contributed by atoms with Crippen LogP contribution in [-0.4, -0.2) is 79.9 Å². The lowest BCUT2D eigenvalue weighted by atomic mass is 9.88.